The Morgan fingerprint density at radius 1 is 1.36 bits per heavy atom. The fourth-order valence-corrected chi connectivity index (χ4v) is 4.43. The standard InChI is InChI=1S/C18H25N5O2/c1-10(2)15-21-17(25-22-15)18-7-5-6-13(18)8-23(9-18)16(24)14-11(3)19-12(4)20-14/h10,13H,5-9H2,1-4H3,(H,19,20)/t13-,18-/m0/s1. The monoisotopic (exact) mass is 343 g/mol. The topological polar surface area (TPSA) is 87.9 Å². The number of amides is 1. The molecule has 1 saturated carbocycles. The summed E-state index contributed by atoms with van der Waals surface area (Å²) < 4.78 is 5.66. The molecule has 1 amide bonds. The molecule has 2 aromatic rings. The van der Waals surface area contributed by atoms with Crippen molar-refractivity contribution in [3.05, 3.63) is 28.9 Å². The van der Waals surface area contributed by atoms with Gasteiger partial charge in [-0.05, 0) is 32.6 Å². The highest BCUT2D eigenvalue weighted by Crippen LogP contribution is 2.50. The van der Waals surface area contributed by atoms with E-state index >= 15 is 0 Å². The molecule has 7 nitrogen and oxygen atoms in total. The Balaban J connectivity index is 1.63. The van der Waals surface area contributed by atoms with Crippen molar-refractivity contribution in [3.63, 3.8) is 0 Å². The van der Waals surface area contributed by atoms with Gasteiger partial charge in [-0.15, -0.1) is 0 Å². The van der Waals surface area contributed by atoms with Crippen LogP contribution in [0, 0.1) is 19.8 Å². The summed E-state index contributed by atoms with van der Waals surface area (Å²) in [5.41, 5.74) is 1.17. The lowest BCUT2D eigenvalue weighted by atomic mass is 9.80. The van der Waals surface area contributed by atoms with Crippen LogP contribution in [-0.2, 0) is 5.41 Å². The molecule has 0 unspecified atom stereocenters. The van der Waals surface area contributed by atoms with Gasteiger partial charge in [0, 0.05) is 24.7 Å². The predicted octanol–water partition coefficient (Wildman–Crippen LogP) is 2.73. The predicted molar refractivity (Wildman–Crippen MR) is 91.4 cm³/mol. The molecule has 25 heavy (non-hydrogen) atoms. The molecule has 1 saturated heterocycles. The average molecular weight is 343 g/mol. The number of carbonyl (C=O) groups is 1. The number of hydrogen-bond donors (Lipinski definition) is 1. The molecule has 134 valence electrons. The molecule has 3 heterocycles. The van der Waals surface area contributed by atoms with E-state index in [4.69, 9.17) is 4.52 Å². The highest BCUT2D eigenvalue weighted by atomic mass is 16.5. The maximum absolute atomic E-state index is 13.0. The van der Waals surface area contributed by atoms with Gasteiger partial charge in [-0.1, -0.05) is 25.4 Å². The Bertz CT molecular complexity index is 808. The van der Waals surface area contributed by atoms with Crippen LogP contribution in [0.25, 0.3) is 0 Å². The molecule has 2 atom stereocenters. The number of H-pyrrole nitrogens is 1. The lowest BCUT2D eigenvalue weighted by Gasteiger charge is -2.24. The van der Waals surface area contributed by atoms with Crippen LogP contribution in [0.5, 0.6) is 0 Å². The summed E-state index contributed by atoms with van der Waals surface area (Å²) in [4.78, 5) is 27.1. The van der Waals surface area contributed by atoms with E-state index in [2.05, 4.69) is 34.0 Å². The van der Waals surface area contributed by atoms with Gasteiger partial charge in [-0.25, -0.2) is 4.98 Å². The summed E-state index contributed by atoms with van der Waals surface area (Å²) in [5, 5.41) is 4.15. The number of likely N-dealkylation sites (tertiary alicyclic amines) is 1. The molecule has 4 rings (SSSR count). The van der Waals surface area contributed by atoms with Crippen LogP contribution >= 0.6 is 0 Å². The number of aromatic nitrogens is 4. The van der Waals surface area contributed by atoms with E-state index in [1.165, 1.54) is 0 Å². The molecule has 0 aromatic carbocycles. The van der Waals surface area contributed by atoms with Crippen molar-refractivity contribution in [3.8, 4) is 0 Å². The van der Waals surface area contributed by atoms with Crippen molar-refractivity contribution in [2.75, 3.05) is 13.1 Å². The summed E-state index contributed by atoms with van der Waals surface area (Å²) in [6.45, 7) is 9.27. The van der Waals surface area contributed by atoms with E-state index in [0.717, 1.165) is 43.1 Å². The third-order valence-corrected chi connectivity index (χ3v) is 5.75. The van der Waals surface area contributed by atoms with Gasteiger partial charge in [-0.3, -0.25) is 4.79 Å². The maximum Gasteiger partial charge on any atom is 0.274 e. The fourth-order valence-electron chi connectivity index (χ4n) is 4.43. The molecule has 1 aliphatic heterocycles. The summed E-state index contributed by atoms with van der Waals surface area (Å²) in [6, 6.07) is 0. The summed E-state index contributed by atoms with van der Waals surface area (Å²) >= 11 is 0. The van der Waals surface area contributed by atoms with Gasteiger partial charge in [-0.2, -0.15) is 4.98 Å². The van der Waals surface area contributed by atoms with Crippen molar-refractivity contribution in [2.24, 2.45) is 5.92 Å². The molecule has 1 aliphatic carbocycles. The Morgan fingerprint density at radius 2 is 2.16 bits per heavy atom. The van der Waals surface area contributed by atoms with Crippen molar-refractivity contribution in [2.45, 2.75) is 58.3 Å². The maximum atomic E-state index is 13.0. The number of imidazole rings is 1. The van der Waals surface area contributed by atoms with E-state index < -0.39 is 0 Å². The second-order valence-corrected chi connectivity index (χ2v) is 7.84. The number of carbonyl (C=O) groups excluding carboxylic acids is 1. The van der Waals surface area contributed by atoms with E-state index in [1.54, 1.807) is 0 Å². The zero-order valence-corrected chi connectivity index (χ0v) is 15.3. The zero-order chi connectivity index (χ0) is 17.8. The van der Waals surface area contributed by atoms with E-state index in [0.29, 0.717) is 24.0 Å². The summed E-state index contributed by atoms with van der Waals surface area (Å²) in [5.74, 6) is 2.86. The van der Waals surface area contributed by atoms with Crippen LogP contribution in [0.4, 0.5) is 0 Å². The highest BCUT2D eigenvalue weighted by Gasteiger charge is 2.55. The first-order chi connectivity index (χ1) is 11.9. The van der Waals surface area contributed by atoms with Crippen LogP contribution in [0.3, 0.4) is 0 Å². The number of fused-ring (bicyclic) bond motifs is 1. The minimum absolute atomic E-state index is 0.000719. The fraction of sp³-hybridized carbons (Fsp3) is 0.667. The highest BCUT2D eigenvalue weighted by molar-refractivity contribution is 5.93. The van der Waals surface area contributed by atoms with Crippen molar-refractivity contribution < 1.29 is 9.32 Å². The molecule has 2 aromatic heterocycles. The molecule has 1 N–H and O–H groups in total. The number of hydrogen-bond acceptors (Lipinski definition) is 5. The lowest BCUT2D eigenvalue weighted by molar-refractivity contribution is 0.0769. The molecule has 0 radical (unpaired) electrons. The van der Waals surface area contributed by atoms with E-state index in [-0.39, 0.29) is 17.2 Å². The Kier molecular flexibility index (Phi) is 3.70. The molecular formula is C18H25N5O2. The molecule has 2 aliphatic rings. The SMILES string of the molecule is Cc1nc(C(=O)N2C[C@@H]3CCC[C@]3(c3nc(C(C)C)no3)C2)c(C)[nH]1. The Hall–Kier alpha value is -2.18. The van der Waals surface area contributed by atoms with Gasteiger partial charge in [0.2, 0.25) is 5.89 Å². The van der Waals surface area contributed by atoms with Crippen LogP contribution in [0.1, 0.15) is 72.7 Å². The smallest absolute Gasteiger partial charge is 0.274 e. The third-order valence-electron chi connectivity index (χ3n) is 5.75. The van der Waals surface area contributed by atoms with Crippen molar-refractivity contribution >= 4 is 5.91 Å². The first kappa shape index (κ1) is 16.3. The number of aromatic amines is 1. The first-order valence-corrected chi connectivity index (χ1v) is 9.07. The second kappa shape index (κ2) is 5.68. The number of nitrogens with zero attached hydrogens (tertiary/aromatic N) is 4. The van der Waals surface area contributed by atoms with Crippen LogP contribution in [0.2, 0.25) is 0 Å². The van der Waals surface area contributed by atoms with Crippen LogP contribution in [-0.4, -0.2) is 44.0 Å². The second-order valence-electron chi connectivity index (χ2n) is 7.84. The molecule has 2 fully saturated rings. The van der Waals surface area contributed by atoms with E-state index in [1.807, 2.05) is 18.7 Å². The van der Waals surface area contributed by atoms with Gasteiger partial charge in [0.25, 0.3) is 5.91 Å². The first-order valence-electron chi connectivity index (χ1n) is 9.07. The van der Waals surface area contributed by atoms with Crippen LogP contribution in [0.15, 0.2) is 4.52 Å². The van der Waals surface area contributed by atoms with Crippen molar-refractivity contribution in [1.82, 2.24) is 25.0 Å². The van der Waals surface area contributed by atoms with Crippen LogP contribution < -0.4 is 0 Å². The third kappa shape index (κ3) is 2.48. The summed E-state index contributed by atoms with van der Waals surface area (Å²) in [7, 11) is 0. The minimum Gasteiger partial charge on any atom is -0.346 e. The zero-order valence-electron chi connectivity index (χ0n) is 15.3. The number of nitrogens with one attached hydrogen (secondary N) is 1. The van der Waals surface area contributed by atoms with Crippen molar-refractivity contribution in [1.29, 1.82) is 0 Å². The molecule has 7 heteroatoms. The van der Waals surface area contributed by atoms with Gasteiger partial charge in [0.15, 0.2) is 5.82 Å². The molecular weight excluding hydrogens is 318 g/mol. The average Bonchev–Trinajstić information content (AvgIpc) is 3.26. The Morgan fingerprint density at radius 3 is 2.80 bits per heavy atom. The number of aryl methyl sites for hydroxylation is 2. The van der Waals surface area contributed by atoms with Gasteiger partial charge < -0.3 is 14.4 Å². The van der Waals surface area contributed by atoms with Gasteiger partial charge in [0.1, 0.15) is 11.5 Å². The molecule has 0 spiro atoms. The molecule has 0 bridgehead atoms. The minimum atomic E-state index is -0.185. The van der Waals surface area contributed by atoms with Gasteiger partial charge in [0.05, 0.1) is 5.41 Å². The Labute approximate surface area is 147 Å². The van der Waals surface area contributed by atoms with Gasteiger partial charge >= 0.3 is 0 Å². The van der Waals surface area contributed by atoms with E-state index in [9.17, 15) is 4.79 Å². The largest absolute Gasteiger partial charge is 0.346 e. The number of rotatable bonds is 3. The summed E-state index contributed by atoms with van der Waals surface area (Å²) in [6.07, 6.45) is 3.24. The normalized spacial score (nSPS) is 25.8. The lowest BCUT2D eigenvalue weighted by Crippen LogP contribution is -2.35. The quantitative estimate of drug-likeness (QED) is 0.926.